The molecule has 13 heavy (non-hydrogen) atoms. The van der Waals surface area contributed by atoms with Crippen molar-refractivity contribution < 1.29 is 4.79 Å². The summed E-state index contributed by atoms with van der Waals surface area (Å²) in [4.78, 5) is 11.4. The van der Waals surface area contributed by atoms with Gasteiger partial charge < -0.3 is 0 Å². The van der Waals surface area contributed by atoms with E-state index in [4.69, 9.17) is 0 Å². The highest BCUT2D eigenvalue weighted by Crippen LogP contribution is 2.27. The predicted molar refractivity (Wildman–Crippen MR) is 55.7 cm³/mol. The van der Waals surface area contributed by atoms with Gasteiger partial charge in [-0.2, -0.15) is 0 Å². The van der Waals surface area contributed by atoms with E-state index in [1.165, 1.54) is 32.1 Å². The van der Waals surface area contributed by atoms with Crippen molar-refractivity contribution in [3.8, 4) is 0 Å². The van der Waals surface area contributed by atoms with Crippen molar-refractivity contribution in [3.05, 3.63) is 0 Å². The zero-order chi connectivity index (χ0) is 9.68. The van der Waals surface area contributed by atoms with Crippen LogP contribution in [0.15, 0.2) is 0 Å². The Kier molecular flexibility index (Phi) is 4.47. The largest absolute Gasteiger partial charge is 0.299 e. The smallest absolute Gasteiger partial charge is 0.135 e. The minimum Gasteiger partial charge on any atom is -0.299 e. The fourth-order valence-electron chi connectivity index (χ4n) is 2.11. The van der Waals surface area contributed by atoms with Gasteiger partial charge in [-0.25, -0.2) is 0 Å². The number of carbonyl (C=O) groups excluding carboxylic acids is 1. The molecule has 0 unspecified atom stereocenters. The summed E-state index contributed by atoms with van der Waals surface area (Å²) in [6, 6.07) is 0. The summed E-state index contributed by atoms with van der Waals surface area (Å²) >= 11 is 0. The third-order valence-electron chi connectivity index (χ3n) is 3.17. The molecule has 0 radical (unpaired) electrons. The fraction of sp³-hybridized carbons (Fsp3) is 0.917. The molecular weight excluding hydrogens is 160 g/mol. The normalized spacial score (nSPS) is 19.3. The van der Waals surface area contributed by atoms with Crippen LogP contribution >= 0.6 is 0 Å². The van der Waals surface area contributed by atoms with E-state index in [1.807, 2.05) is 13.8 Å². The zero-order valence-electron chi connectivity index (χ0n) is 9.01. The highest BCUT2D eigenvalue weighted by molar-refractivity contribution is 5.80. The molecule has 0 N–H and O–H groups in total. The molecule has 1 nitrogen and oxygen atoms in total. The number of rotatable bonds is 4. The molecule has 1 aliphatic rings. The molecule has 1 heteroatoms. The van der Waals surface area contributed by atoms with Gasteiger partial charge in [0.1, 0.15) is 5.78 Å². The van der Waals surface area contributed by atoms with Gasteiger partial charge in [-0.15, -0.1) is 0 Å². The summed E-state index contributed by atoms with van der Waals surface area (Å²) in [6.07, 6.45) is 8.89. The number of hydrogen-bond donors (Lipinski definition) is 0. The summed E-state index contributed by atoms with van der Waals surface area (Å²) in [5.74, 6) is 1.55. The Hall–Kier alpha value is -0.330. The number of Topliss-reactive ketones (excluding diaryl/α,β-unsaturated/α-hetero) is 1. The molecule has 0 atom stereocenters. The summed E-state index contributed by atoms with van der Waals surface area (Å²) in [5, 5.41) is 0. The summed E-state index contributed by atoms with van der Waals surface area (Å²) < 4.78 is 0. The number of hydrogen-bond acceptors (Lipinski definition) is 1. The fourth-order valence-corrected chi connectivity index (χ4v) is 2.11. The van der Waals surface area contributed by atoms with Gasteiger partial charge in [-0.05, 0) is 12.3 Å². The Bertz CT molecular complexity index is 155. The van der Waals surface area contributed by atoms with Gasteiger partial charge in [-0.1, -0.05) is 46.0 Å². The van der Waals surface area contributed by atoms with Crippen LogP contribution in [0.4, 0.5) is 0 Å². The van der Waals surface area contributed by atoms with Crippen LogP contribution in [-0.4, -0.2) is 5.78 Å². The van der Waals surface area contributed by atoms with Gasteiger partial charge in [0.2, 0.25) is 0 Å². The van der Waals surface area contributed by atoms with Gasteiger partial charge in [0, 0.05) is 12.3 Å². The van der Waals surface area contributed by atoms with Gasteiger partial charge in [0.05, 0.1) is 0 Å². The second-order valence-electron chi connectivity index (χ2n) is 4.66. The first kappa shape index (κ1) is 10.7. The Morgan fingerprint density at radius 1 is 1.23 bits per heavy atom. The van der Waals surface area contributed by atoms with Crippen molar-refractivity contribution in [1.29, 1.82) is 0 Å². The lowest BCUT2D eigenvalue weighted by atomic mass is 9.85. The second kappa shape index (κ2) is 5.41. The quantitative estimate of drug-likeness (QED) is 0.649. The number of ketones is 1. The Morgan fingerprint density at radius 2 is 1.85 bits per heavy atom. The lowest BCUT2D eigenvalue weighted by molar-refractivity contribution is -0.122. The third-order valence-corrected chi connectivity index (χ3v) is 3.17. The van der Waals surface area contributed by atoms with E-state index in [2.05, 4.69) is 0 Å². The Morgan fingerprint density at radius 3 is 2.38 bits per heavy atom. The van der Waals surface area contributed by atoms with Crippen LogP contribution in [0.25, 0.3) is 0 Å². The molecule has 0 aliphatic heterocycles. The minimum absolute atomic E-state index is 0.239. The molecule has 1 rings (SSSR count). The average molecular weight is 182 g/mol. The van der Waals surface area contributed by atoms with E-state index in [1.54, 1.807) is 0 Å². The van der Waals surface area contributed by atoms with Crippen LogP contribution in [0, 0.1) is 11.8 Å². The number of carbonyl (C=O) groups is 1. The summed E-state index contributed by atoms with van der Waals surface area (Å²) in [6.45, 7) is 4.01. The molecule has 0 spiro atoms. The van der Waals surface area contributed by atoms with Crippen LogP contribution in [0.5, 0.6) is 0 Å². The highest BCUT2D eigenvalue weighted by atomic mass is 16.1. The standard InChI is InChI=1S/C12H22O/c1-10(2)12(13)9-8-11-6-4-3-5-7-11/h10-11H,3-9H2,1-2H3. The van der Waals surface area contributed by atoms with Gasteiger partial charge >= 0.3 is 0 Å². The maximum Gasteiger partial charge on any atom is 0.135 e. The highest BCUT2D eigenvalue weighted by Gasteiger charge is 2.15. The molecule has 0 aromatic rings. The van der Waals surface area contributed by atoms with E-state index in [-0.39, 0.29) is 5.92 Å². The van der Waals surface area contributed by atoms with Crippen LogP contribution < -0.4 is 0 Å². The van der Waals surface area contributed by atoms with Crippen molar-refractivity contribution in [2.75, 3.05) is 0 Å². The molecule has 0 amide bonds. The molecule has 0 saturated heterocycles. The van der Waals surface area contributed by atoms with Crippen molar-refractivity contribution in [2.45, 2.75) is 58.8 Å². The molecule has 1 saturated carbocycles. The molecule has 76 valence electrons. The predicted octanol–water partition coefficient (Wildman–Crippen LogP) is 3.57. The lowest BCUT2D eigenvalue weighted by Crippen LogP contribution is -2.12. The van der Waals surface area contributed by atoms with E-state index >= 15 is 0 Å². The van der Waals surface area contributed by atoms with Crippen LogP contribution in [0.3, 0.4) is 0 Å². The third kappa shape index (κ3) is 3.93. The van der Waals surface area contributed by atoms with Gasteiger partial charge in [-0.3, -0.25) is 4.79 Å². The molecule has 1 fully saturated rings. The average Bonchev–Trinajstić information content (AvgIpc) is 2.15. The maximum atomic E-state index is 11.4. The second-order valence-corrected chi connectivity index (χ2v) is 4.66. The summed E-state index contributed by atoms with van der Waals surface area (Å²) in [7, 11) is 0. The van der Waals surface area contributed by atoms with E-state index < -0.39 is 0 Å². The maximum absolute atomic E-state index is 11.4. The topological polar surface area (TPSA) is 17.1 Å². The van der Waals surface area contributed by atoms with E-state index in [0.29, 0.717) is 5.78 Å². The summed E-state index contributed by atoms with van der Waals surface area (Å²) in [5.41, 5.74) is 0. The van der Waals surface area contributed by atoms with Crippen LogP contribution in [0.1, 0.15) is 58.8 Å². The first-order valence-electron chi connectivity index (χ1n) is 5.73. The molecule has 1 aliphatic carbocycles. The minimum atomic E-state index is 0.239. The van der Waals surface area contributed by atoms with E-state index in [9.17, 15) is 4.79 Å². The molecule has 0 heterocycles. The molecule has 0 aromatic heterocycles. The first-order chi connectivity index (χ1) is 6.20. The van der Waals surface area contributed by atoms with Crippen LogP contribution in [-0.2, 0) is 4.79 Å². The van der Waals surface area contributed by atoms with Gasteiger partial charge in [0.15, 0.2) is 0 Å². The van der Waals surface area contributed by atoms with Crippen molar-refractivity contribution in [1.82, 2.24) is 0 Å². The van der Waals surface area contributed by atoms with E-state index in [0.717, 1.165) is 18.8 Å². The molecule has 0 aromatic carbocycles. The van der Waals surface area contributed by atoms with Crippen molar-refractivity contribution in [2.24, 2.45) is 11.8 Å². The SMILES string of the molecule is CC(C)C(=O)CCC1CCCCC1. The zero-order valence-corrected chi connectivity index (χ0v) is 9.01. The Labute approximate surface area is 81.9 Å². The van der Waals surface area contributed by atoms with Crippen LogP contribution in [0.2, 0.25) is 0 Å². The monoisotopic (exact) mass is 182 g/mol. The lowest BCUT2D eigenvalue weighted by Gasteiger charge is -2.21. The van der Waals surface area contributed by atoms with Crippen molar-refractivity contribution >= 4 is 5.78 Å². The first-order valence-corrected chi connectivity index (χ1v) is 5.73. The van der Waals surface area contributed by atoms with Crippen molar-refractivity contribution in [3.63, 3.8) is 0 Å². The molecule has 0 bridgehead atoms. The van der Waals surface area contributed by atoms with Gasteiger partial charge in [0.25, 0.3) is 0 Å². The molecular formula is C12H22O. The Balaban J connectivity index is 2.13.